The summed E-state index contributed by atoms with van der Waals surface area (Å²) in [5.74, 6) is -0.368. The number of hydrogen-bond acceptors (Lipinski definition) is 3. The Morgan fingerprint density at radius 3 is 2.26 bits per heavy atom. The molecule has 0 aliphatic carbocycles. The van der Waals surface area contributed by atoms with Gasteiger partial charge in [-0.15, -0.1) is 0 Å². The minimum Gasteiger partial charge on any atom is -0.484 e. The van der Waals surface area contributed by atoms with Crippen LogP contribution < -0.4 is 10.1 Å². The van der Waals surface area contributed by atoms with Crippen molar-refractivity contribution in [3.63, 3.8) is 0 Å². The highest BCUT2D eigenvalue weighted by Crippen LogP contribution is 2.18. The summed E-state index contributed by atoms with van der Waals surface area (Å²) < 4.78 is 19.3. The molecule has 0 heterocycles. The molecule has 0 aliphatic heterocycles. The zero-order valence-corrected chi connectivity index (χ0v) is 20.8. The van der Waals surface area contributed by atoms with Crippen molar-refractivity contribution in [1.82, 2.24) is 10.2 Å². The molecule has 6 heteroatoms. The fraction of sp³-hybridized carbons (Fsp3) is 0.310. The lowest BCUT2D eigenvalue weighted by atomic mass is 10.0. The molecule has 35 heavy (non-hydrogen) atoms. The van der Waals surface area contributed by atoms with Crippen LogP contribution in [0, 0.1) is 12.7 Å². The minimum absolute atomic E-state index is 0.144. The zero-order valence-electron chi connectivity index (χ0n) is 20.8. The molecule has 184 valence electrons. The van der Waals surface area contributed by atoms with Crippen molar-refractivity contribution in [2.45, 2.75) is 52.2 Å². The van der Waals surface area contributed by atoms with Crippen LogP contribution in [0.1, 0.15) is 37.5 Å². The van der Waals surface area contributed by atoms with Crippen molar-refractivity contribution >= 4 is 11.8 Å². The molecule has 0 spiro atoms. The second kappa shape index (κ2) is 11.6. The zero-order chi connectivity index (χ0) is 25.4. The molecule has 0 aliphatic rings. The van der Waals surface area contributed by atoms with Gasteiger partial charge in [0.05, 0.1) is 0 Å². The van der Waals surface area contributed by atoms with Crippen LogP contribution in [0.3, 0.4) is 0 Å². The van der Waals surface area contributed by atoms with E-state index in [0.717, 1.165) is 16.7 Å². The smallest absolute Gasteiger partial charge is 0.261 e. The lowest BCUT2D eigenvalue weighted by Gasteiger charge is -2.33. The predicted molar refractivity (Wildman–Crippen MR) is 135 cm³/mol. The number of hydrogen-bond donors (Lipinski definition) is 1. The monoisotopic (exact) mass is 476 g/mol. The Balaban J connectivity index is 1.92. The maximum absolute atomic E-state index is 13.5. The first-order valence-electron chi connectivity index (χ1n) is 11.7. The number of nitrogens with one attached hydrogen (secondary N) is 1. The number of carbonyl (C=O) groups excluding carboxylic acids is 2. The molecular weight excluding hydrogens is 443 g/mol. The fourth-order valence-electron chi connectivity index (χ4n) is 3.73. The van der Waals surface area contributed by atoms with Crippen LogP contribution in [-0.2, 0) is 22.6 Å². The Hall–Kier alpha value is -3.67. The van der Waals surface area contributed by atoms with Gasteiger partial charge in [-0.3, -0.25) is 9.59 Å². The van der Waals surface area contributed by atoms with E-state index < -0.39 is 11.6 Å². The van der Waals surface area contributed by atoms with Gasteiger partial charge in [0.2, 0.25) is 5.91 Å². The van der Waals surface area contributed by atoms with E-state index >= 15 is 0 Å². The number of rotatable bonds is 9. The topological polar surface area (TPSA) is 58.6 Å². The predicted octanol–water partition coefficient (Wildman–Crippen LogP) is 5.07. The first-order valence-corrected chi connectivity index (χ1v) is 11.7. The standard InChI is InChI=1S/C29H33FN2O3/c1-21-9-8-12-25(17-21)35-20-27(33)32(19-23-13-15-24(30)16-14-23)26(28(34)31-29(2,3)4)18-22-10-6-5-7-11-22/h5-17,26H,18-20H2,1-4H3,(H,31,34)/t26-/m1/s1. The number of nitrogens with zero attached hydrogens (tertiary/aromatic N) is 1. The molecule has 5 nitrogen and oxygen atoms in total. The maximum Gasteiger partial charge on any atom is 0.261 e. The van der Waals surface area contributed by atoms with Crippen molar-refractivity contribution in [2.75, 3.05) is 6.61 Å². The summed E-state index contributed by atoms with van der Waals surface area (Å²) in [6, 6.07) is 22.2. The molecule has 3 rings (SSSR count). The number of carbonyl (C=O) groups is 2. The highest BCUT2D eigenvalue weighted by atomic mass is 19.1. The Morgan fingerprint density at radius 2 is 1.63 bits per heavy atom. The average Bonchev–Trinajstić information content (AvgIpc) is 2.80. The Bertz CT molecular complexity index is 1120. The van der Waals surface area contributed by atoms with Gasteiger partial charge < -0.3 is 15.0 Å². The van der Waals surface area contributed by atoms with Gasteiger partial charge in [-0.1, -0.05) is 54.6 Å². The number of benzene rings is 3. The van der Waals surface area contributed by atoms with Crippen LogP contribution >= 0.6 is 0 Å². The quantitative estimate of drug-likeness (QED) is 0.469. The third-order valence-corrected chi connectivity index (χ3v) is 5.39. The van der Waals surface area contributed by atoms with E-state index in [9.17, 15) is 14.0 Å². The summed E-state index contributed by atoms with van der Waals surface area (Å²) >= 11 is 0. The number of amides is 2. The van der Waals surface area contributed by atoms with E-state index in [1.165, 1.54) is 17.0 Å². The van der Waals surface area contributed by atoms with Gasteiger partial charge >= 0.3 is 0 Å². The molecule has 0 unspecified atom stereocenters. The first kappa shape index (κ1) is 25.9. The van der Waals surface area contributed by atoms with E-state index in [1.54, 1.807) is 18.2 Å². The van der Waals surface area contributed by atoms with Gasteiger partial charge in [0.1, 0.15) is 17.6 Å². The van der Waals surface area contributed by atoms with E-state index in [4.69, 9.17) is 4.74 Å². The van der Waals surface area contributed by atoms with Gasteiger partial charge in [0.15, 0.2) is 6.61 Å². The molecule has 0 bridgehead atoms. The Kier molecular flexibility index (Phi) is 8.63. The third kappa shape index (κ3) is 8.25. The van der Waals surface area contributed by atoms with Crippen molar-refractivity contribution in [2.24, 2.45) is 0 Å². The molecule has 0 fully saturated rings. The highest BCUT2D eigenvalue weighted by Gasteiger charge is 2.32. The first-order chi connectivity index (χ1) is 16.6. The minimum atomic E-state index is -0.782. The second-order valence-corrected chi connectivity index (χ2v) is 9.70. The van der Waals surface area contributed by atoms with Crippen LogP contribution in [0.5, 0.6) is 5.75 Å². The van der Waals surface area contributed by atoms with Crippen LogP contribution in [-0.4, -0.2) is 34.9 Å². The molecular formula is C29H33FN2O3. The van der Waals surface area contributed by atoms with Crippen molar-refractivity contribution in [3.05, 3.63) is 101 Å². The summed E-state index contributed by atoms with van der Waals surface area (Å²) in [4.78, 5) is 28.5. The third-order valence-electron chi connectivity index (χ3n) is 5.39. The van der Waals surface area contributed by atoms with Crippen LogP contribution in [0.15, 0.2) is 78.9 Å². The lowest BCUT2D eigenvalue weighted by Crippen LogP contribution is -2.55. The summed E-state index contributed by atoms with van der Waals surface area (Å²) in [6.07, 6.45) is 0.333. The molecule has 0 saturated carbocycles. The lowest BCUT2D eigenvalue weighted by molar-refractivity contribution is -0.143. The number of ether oxygens (including phenoxy) is 1. The summed E-state index contributed by atoms with van der Waals surface area (Å²) in [5, 5.41) is 3.02. The average molecular weight is 477 g/mol. The van der Waals surface area contributed by atoms with Gasteiger partial charge in [-0.25, -0.2) is 4.39 Å². The van der Waals surface area contributed by atoms with E-state index in [2.05, 4.69) is 5.32 Å². The van der Waals surface area contributed by atoms with Crippen molar-refractivity contribution in [3.8, 4) is 5.75 Å². The van der Waals surface area contributed by atoms with Crippen molar-refractivity contribution in [1.29, 1.82) is 0 Å². The molecule has 3 aromatic carbocycles. The van der Waals surface area contributed by atoms with Gasteiger partial charge in [0.25, 0.3) is 5.91 Å². The van der Waals surface area contributed by atoms with Gasteiger partial charge in [-0.2, -0.15) is 0 Å². The fourth-order valence-corrected chi connectivity index (χ4v) is 3.73. The van der Waals surface area contributed by atoms with Crippen molar-refractivity contribution < 1.29 is 18.7 Å². The van der Waals surface area contributed by atoms with E-state index in [1.807, 2.05) is 76.2 Å². The SMILES string of the molecule is Cc1cccc(OCC(=O)N(Cc2ccc(F)cc2)[C@H](Cc2ccccc2)C(=O)NC(C)(C)C)c1. The molecule has 1 atom stereocenters. The summed E-state index contributed by atoms with van der Waals surface area (Å²) in [6.45, 7) is 7.57. The largest absolute Gasteiger partial charge is 0.484 e. The van der Waals surface area contributed by atoms with E-state index in [0.29, 0.717) is 12.2 Å². The Labute approximate surface area is 206 Å². The maximum atomic E-state index is 13.5. The molecule has 3 aromatic rings. The van der Waals surface area contributed by atoms with Gasteiger partial charge in [-0.05, 0) is 68.7 Å². The molecule has 1 N–H and O–H groups in total. The van der Waals surface area contributed by atoms with Crippen LogP contribution in [0.25, 0.3) is 0 Å². The van der Waals surface area contributed by atoms with Crippen LogP contribution in [0.4, 0.5) is 4.39 Å². The van der Waals surface area contributed by atoms with Crippen LogP contribution in [0.2, 0.25) is 0 Å². The normalized spacial score (nSPS) is 12.0. The molecule has 0 radical (unpaired) electrons. The molecule has 2 amide bonds. The molecule has 0 aromatic heterocycles. The second-order valence-electron chi connectivity index (χ2n) is 9.70. The number of aryl methyl sites for hydroxylation is 1. The molecule has 0 saturated heterocycles. The van der Waals surface area contributed by atoms with E-state index in [-0.39, 0.29) is 30.8 Å². The van der Waals surface area contributed by atoms with Gasteiger partial charge in [0, 0.05) is 18.5 Å². The summed E-state index contributed by atoms with van der Waals surface area (Å²) in [7, 11) is 0. The summed E-state index contributed by atoms with van der Waals surface area (Å²) in [5.41, 5.74) is 2.19. The number of halogens is 1. The Morgan fingerprint density at radius 1 is 0.943 bits per heavy atom. The highest BCUT2D eigenvalue weighted by molar-refractivity contribution is 5.89.